The molecule has 1 aliphatic rings. The Labute approximate surface area is 135 Å². The van der Waals surface area contributed by atoms with E-state index in [0.717, 1.165) is 5.56 Å². The molecule has 23 heavy (non-hydrogen) atoms. The standard InChI is InChI=1S/C19H20O4/c1-10-11(2)19(23)17(13(4)18(10)22)12(3)15-7-5-14(6-8-15)9-16(20)21/h5-8,12H,9H2,1-4H3,(H,20,21). The van der Waals surface area contributed by atoms with Crippen LogP contribution in [0.25, 0.3) is 0 Å². The summed E-state index contributed by atoms with van der Waals surface area (Å²) in [6.45, 7) is 6.96. The number of carbonyl (C=O) groups is 3. The average molecular weight is 312 g/mol. The summed E-state index contributed by atoms with van der Waals surface area (Å²) in [7, 11) is 0. The lowest BCUT2D eigenvalue weighted by Gasteiger charge is -2.23. The number of benzene rings is 1. The van der Waals surface area contributed by atoms with Crippen LogP contribution in [0.1, 0.15) is 44.7 Å². The van der Waals surface area contributed by atoms with Gasteiger partial charge in [-0.25, -0.2) is 0 Å². The van der Waals surface area contributed by atoms with Gasteiger partial charge in [0, 0.05) is 28.2 Å². The highest BCUT2D eigenvalue weighted by Gasteiger charge is 2.31. The average Bonchev–Trinajstić information content (AvgIpc) is 2.51. The fourth-order valence-electron chi connectivity index (χ4n) is 2.90. The van der Waals surface area contributed by atoms with Gasteiger partial charge in [0.15, 0.2) is 11.6 Å². The summed E-state index contributed by atoms with van der Waals surface area (Å²) in [6, 6.07) is 7.14. The molecule has 0 heterocycles. The summed E-state index contributed by atoms with van der Waals surface area (Å²) in [5.41, 5.74) is 3.65. The van der Waals surface area contributed by atoms with Crippen LogP contribution in [0.4, 0.5) is 0 Å². The molecule has 1 N–H and O–H groups in total. The van der Waals surface area contributed by atoms with Crippen molar-refractivity contribution in [3.63, 3.8) is 0 Å². The maximum atomic E-state index is 12.6. The fourth-order valence-corrected chi connectivity index (χ4v) is 2.90. The molecule has 0 bridgehead atoms. The Hall–Kier alpha value is -2.49. The van der Waals surface area contributed by atoms with Crippen LogP contribution in [0.5, 0.6) is 0 Å². The Bertz CT molecular complexity index is 748. The Morgan fingerprint density at radius 2 is 1.48 bits per heavy atom. The molecule has 4 nitrogen and oxygen atoms in total. The van der Waals surface area contributed by atoms with Gasteiger partial charge >= 0.3 is 5.97 Å². The molecule has 0 aliphatic heterocycles. The molecule has 0 amide bonds. The van der Waals surface area contributed by atoms with Crippen molar-refractivity contribution >= 4 is 17.5 Å². The van der Waals surface area contributed by atoms with E-state index in [1.54, 1.807) is 32.9 Å². The summed E-state index contributed by atoms with van der Waals surface area (Å²) >= 11 is 0. The van der Waals surface area contributed by atoms with Gasteiger partial charge in [0.2, 0.25) is 0 Å². The number of allylic oxidation sites excluding steroid dienone is 4. The van der Waals surface area contributed by atoms with Gasteiger partial charge in [0.25, 0.3) is 0 Å². The Kier molecular flexibility index (Phi) is 4.64. The lowest BCUT2D eigenvalue weighted by Crippen LogP contribution is -2.23. The normalized spacial score (nSPS) is 16.9. The van der Waals surface area contributed by atoms with Crippen molar-refractivity contribution < 1.29 is 19.5 Å². The minimum absolute atomic E-state index is 0.0329. The quantitative estimate of drug-likeness (QED) is 0.867. The zero-order chi connectivity index (χ0) is 17.3. The number of hydrogen-bond donors (Lipinski definition) is 1. The molecule has 1 atom stereocenters. The van der Waals surface area contributed by atoms with E-state index >= 15 is 0 Å². The highest BCUT2D eigenvalue weighted by Crippen LogP contribution is 2.34. The van der Waals surface area contributed by atoms with E-state index in [4.69, 9.17) is 5.11 Å². The lowest BCUT2D eigenvalue weighted by atomic mass is 9.78. The molecule has 120 valence electrons. The van der Waals surface area contributed by atoms with Gasteiger partial charge in [-0.3, -0.25) is 14.4 Å². The van der Waals surface area contributed by atoms with Crippen LogP contribution in [0, 0.1) is 0 Å². The molecule has 0 saturated heterocycles. The number of carboxylic acids is 1. The van der Waals surface area contributed by atoms with Crippen molar-refractivity contribution in [2.24, 2.45) is 0 Å². The van der Waals surface area contributed by atoms with Gasteiger partial charge in [0.1, 0.15) is 0 Å². The highest BCUT2D eigenvalue weighted by molar-refractivity contribution is 6.25. The van der Waals surface area contributed by atoms with Crippen LogP contribution in [0.2, 0.25) is 0 Å². The summed E-state index contributed by atoms with van der Waals surface area (Å²) in [4.78, 5) is 35.6. The summed E-state index contributed by atoms with van der Waals surface area (Å²) in [6.07, 6.45) is -0.0329. The number of Topliss-reactive ketones (excluding diaryl/α,β-unsaturated/α-hetero) is 2. The van der Waals surface area contributed by atoms with Crippen molar-refractivity contribution in [1.29, 1.82) is 0 Å². The zero-order valence-corrected chi connectivity index (χ0v) is 13.8. The molecule has 2 rings (SSSR count). The van der Waals surface area contributed by atoms with Gasteiger partial charge in [0.05, 0.1) is 6.42 Å². The van der Waals surface area contributed by atoms with Crippen molar-refractivity contribution in [1.82, 2.24) is 0 Å². The van der Waals surface area contributed by atoms with Crippen molar-refractivity contribution in [2.75, 3.05) is 0 Å². The first-order valence-electron chi connectivity index (χ1n) is 7.52. The number of rotatable bonds is 4. The van der Waals surface area contributed by atoms with E-state index in [-0.39, 0.29) is 23.9 Å². The van der Waals surface area contributed by atoms with E-state index in [1.165, 1.54) is 0 Å². The number of carbonyl (C=O) groups excluding carboxylic acids is 2. The van der Waals surface area contributed by atoms with Gasteiger partial charge < -0.3 is 5.11 Å². The first kappa shape index (κ1) is 16.9. The summed E-state index contributed by atoms with van der Waals surface area (Å²) in [5.74, 6) is -1.25. The van der Waals surface area contributed by atoms with Crippen molar-refractivity contribution in [3.8, 4) is 0 Å². The fraction of sp³-hybridized carbons (Fsp3) is 0.316. The first-order chi connectivity index (χ1) is 10.7. The molecule has 1 aliphatic carbocycles. The second kappa shape index (κ2) is 6.32. The third-order valence-electron chi connectivity index (χ3n) is 4.50. The first-order valence-corrected chi connectivity index (χ1v) is 7.52. The molecule has 0 aromatic heterocycles. The molecule has 1 unspecified atom stereocenters. The highest BCUT2D eigenvalue weighted by atomic mass is 16.4. The van der Waals surface area contributed by atoms with Crippen LogP contribution in [-0.2, 0) is 20.8 Å². The van der Waals surface area contributed by atoms with Crippen LogP contribution in [0.15, 0.2) is 46.6 Å². The van der Waals surface area contributed by atoms with E-state index < -0.39 is 5.97 Å². The van der Waals surface area contributed by atoms with Gasteiger partial charge in [-0.2, -0.15) is 0 Å². The third-order valence-corrected chi connectivity index (χ3v) is 4.50. The smallest absolute Gasteiger partial charge is 0.307 e. The van der Waals surface area contributed by atoms with E-state index in [1.807, 2.05) is 19.1 Å². The maximum Gasteiger partial charge on any atom is 0.307 e. The summed E-state index contributed by atoms with van der Waals surface area (Å²) < 4.78 is 0. The number of ketones is 2. The molecule has 0 spiro atoms. The minimum Gasteiger partial charge on any atom is -0.481 e. The van der Waals surface area contributed by atoms with Gasteiger partial charge in [-0.15, -0.1) is 0 Å². The second-order valence-corrected chi connectivity index (χ2v) is 5.98. The zero-order valence-electron chi connectivity index (χ0n) is 13.8. The minimum atomic E-state index is -0.881. The van der Waals surface area contributed by atoms with Crippen LogP contribution >= 0.6 is 0 Å². The molecule has 4 heteroatoms. The van der Waals surface area contributed by atoms with Crippen LogP contribution in [-0.4, -0.2) is 22.6 Å². The molecule has 1 aromatic rings. The monoisotopic (exact) mass is 312 g/mol. The molecular formula is C19H20O4. The predicted octanol–water partition coefficient (Wildman–Crippen LogP) is 3.22. The van der Waals surface area contributed by atoms with E-state index in [9.17, 15) is 14.4 Å². The number of carboxylic acid groups (broad SMARTS) is 1. The molecular weight excluding hydrogens is 292 g/mol. The second-order valence-electron chi connectivity index (χ2n) is 5.98. The number of hydrogen-bond acceptors (Lipinski definition) is 3. The SMILES string of the molecule is CC1=C(C)C(=O)C(C(C)c2ccc(CC(=O)O)cc2)=C(C)C1=O. The predicted molar refractivity (Wildman–Crippen MR) is 87.3 cm³/mol. The topological polar surface area (TPSA) is 71.4 Å². The Morgan fingerprint density at radius 3 is 2.00 bits per heavy atom. The molecule has 0 saturated carbocycles. The molecule has 0 radical (unpaired) electrons. The van der Waals surface area contributed by atoms with Crippen molar-refractivity contribution in [3.05, 3.63) is 57.7 Å². The van der Waals surface area contributed by atoms with Gasteiger partial charge in [-0.05, 0) is 31.9 Å². The van der Waals surface area contributed by atoms with Crippen molar-refractivity contribution in [2.45, 2.75) is 40.0 Å². The lowest BCUT2D eigenvalue weighted by molar-refractivity contribution is -0.136. The van der Waals surface area contributed by atoms with Crippen LogP contribution in [0.3, 0.4) is 0 Å². The van der Waals surface area contributed by atoms with Gasteiger partial charge in [-0.1, -0.05) is 31.2 Å². The third kappa shape index (κ3) is 3.16. The van der Waals surface area contributed by atoms with E-state index in [0.29, 0.717) is 27.9 Å². The molecule has 0 fully saturated rings. The largest absolute Gasteiger partial charge is 0.481 e. The Balaban J connectivity index is 2.36. The number of aliphatic carboxylic acids is 1. The Morgan fingerprint density at radius 1 is 0.957 bits per heavy atom. The van der Waals surface area contributed by atoms with E-state index in [2.05, 4.69) is 0 Å². The maximum absolute atomic E-state index is 12.6. The summed E-state index contributed by atoms with van der Waals surface area (Å²) in [5, 5.41) is 8.81. The van der Waals surface area contributed by atoms with Crippen LogP contribution < -0.4 is 0 Å². The molecule has 1 aromatic carbocycles.